The van der Waals surface area contributed by atoms with Gasteiger partial charge in [0.1, 0.15) is 16.7 Å². The molecule has 6 heteroatoms. The van der Waals surface area contributed by atoms with Crippen molar-refractivity contribution in [3.05, 3.63) is 28.8 Å². The lowest BCUT2D eigenvalue weighted by molar-refractivity contribution is 0.397. The highest BCUT2D eigenvalue weighted by Crippen LogP contribution is 2.18. The Morgan fingerprint density at radius 1 is 1.28 bits per heavy atom. The summed E-state index contributed by atoms with van der Waals surface area (Å²) in [7, 11) is 1.56. The SMILES string of the molecule is COc1cc(-c2nc(=S)cc(C(C)C)[nH]2)ncn1. The normalized spacial score (nSPS) is 10.7. The Morgan fingerprint density at radius 3 is 2.72 bits per heavy atom. The third kappa shape index (κ3) is 2.70. The van der Waals surface area contributed by atoms with Crippen LogP contribution in [-0.2, 0) is 0 Å². The fourth-order valence-electron chi connectivity index (χ4n) is 1.49. The van der Waals surface area contributed by atoms with Crippen LogP contribution in [0.5, 0.6) is 5.88 Å². The first-order chi connectivity index (χ1) is 8.60. The lowest BCUT2D eigenvalue weighted by Crippen LogP contribution is -2.00. The maximum Gasteiger partial charge on any atom is 0.216 e. The minimum absolute atomic E-state index is 0.345. The molecule has 5 nitrogen and oxygen atoms in total. The Labute approximate surface area is 110 Å². The number of nitrogens with one attached hydrogen (secondary N) is 1. The Hall–Kier alpha value is -1.82. The minimum atomic E-state index is 0.345. The number of aromatic nitrogens is 4. The van der Waals surface area contributed by atoms with Gasteiger partial charge in [0.25, 0.3) is 0 Å². The number of aromatic amines is 1. The number of methoxy groups -OCH3 is 1. The van der Waals surface area contributed by atoms with Crippen molar-refractivity contribution in [2.24, 2.45) is 0 Å². The first-order valence-electron chi connectivity index (χ1n) is 5.58. The maximum atomic E-state index is 5.16. The highest BCUT2D eigenvalue weighted by Gasteiger charge is 2.07. The summed E-state index contributed by atoms with van der Waals surface area (Å²) in [5.41, 5.74) is 1.69. The average Bonchev–Trinajstić information content (AvgIpc) is 2.38. The molecule has 2 aromatic rings. The summed E-state index contributed by atoms with van der Waals surface area (Å²) in [6.45, 7) is 4.18. The number of rotatable bonds is 3. The zero-order chi connectivity index (χ0) is 13.1. The zero-order valence-corrected chi connectivity index (χ0v) is 11.3. The summed E-state index contributed by atoms with van der Waals surface area (Å²) in [5.74, 6) is 1.47. The molecule has 0 aliphatic carbocycles. The van der Waals surface area contributed by atoms with Crippen LogP contribution in [-0.4, -0.2) is 27.0 Å². The molecule has 1 N–H and O–H groups in total. The van der Waals surface area contributed by atoms with Gasteiger partial charge >= 0.3 is 0 Å². The summed E-state index contributed by atoms with van der Waals surface area (Å²) in [6, 6.07) is 3.58. The van der Waals surface area contributed by atoms with E-state index in [2.05, 4.69) is 33.8 Å². The minimum Gasteiger partial charge on any atom is -0.481 e. The first kappa shape index (κ1) is 12.6. The van der Waals surface area contributed by atoms with E-state index in [1.54, 1.807) is 13.2 Å². The molecule has 0 spiro atoms. The fraction of sp³-hybridized carbons (Fsp3) is 0.333. The van der Waals surface area contributed by atoms with Crippen molar-refractivity contribution < 1.29 is 4.74 Å². The molecule has 0 saturated carbocycles. The van der Waals surface area contributed by atoms with Crippen molar-refractivity contribution in [3.8, 4) is 17.4 Å². The molecular weight excluding hydrogens is 248 g/mol. The molecule has 0 radical (unpaired) electrons. The smallest absolute Gasteiger partial charge is 0.216 e. The molecule has 0 unspecified atom stereocenters. The number of hydrogen-bond acceptors (Lipinski definition) is 5. The molecular formula is C12H14N4OS. The van der Waals surface area contributed by atoms with E-state index in [-0.39, 0.29) is 0 Å². The van der Waals surface area contributed by atoms with Crippen LogP contribution in [0.25, 0.3) is 11.5 Å². The molecule has 0 saturated heterocycles. The van der Waals surface area contributed by atoms with E-state index >= 15 is 0 Å². The number of H-pyrrole nitrogens is 1. The Kier molecular flexibility index (Phi) is 3.66. The van der Waals surface area contributed by atoms with Gasteiger partial charge in [-0.2, -0.15) is 0 Å². The van der Waals surface area contributed by atoms with Crippen molar-refractivity contribution in [1.29, 1.82) is 0 Å². The Morgan fingerprint density at radius 2 is 2.06 bits per heavy atom. The molecule has 0 bridgehead atoms. The van der Waals surface area contributed by atoms with Gasteiger partial charge in [0, 0.05) is 11.8 Å². The van der Waals surface area contributed by atoms with Crippen molar-refractivity contribution in [1.82, 2.24) is 19.9 Å². The van der Waals surface area contributed by atoms with Gasteiger partial charge in [-0.15, -0.1) is 0 Å². The van der Waals surface area contributed by atoms with E-state index in [1.807, 2.05) is 6.07 Å². The molecule has 0 aromatic carbocycles. The molecule has 0 aliphatic heterocycles. The van der Waals surface area contributed by atoms with Gasteiger partial charge in [-0.3, -0.25) is 0 Å². The predicted molar refractivity (Wildman–Crippen MR) is 71.1 cm³/mol. The number of ether oxygens (including phenoxy) is 1. The van der Waals surface area contributed by atoms with Crippen LogP contribution in [0.1, 0.15) is 25.5 Å². The third-order valence-electron chi connectivity index (χ3n) is 2.48. The van der Waals surface area contributed by atoms with Gasteiger partial charge in [0.15, 0.2) is 5.82 Å². The summed E-state index contributed by atoms with van der Waals surface area (Å²) >= 11 is 5.16. The second-order valence-electron chi connectivity index (χ2n) is 4.12. The van der Waals surface area contributed by atoms with Crippen LogP contribution in [0.15, 0.2) is 18.5 Å². The average molecular weight is 262 g/mol. The molecule has 0 aliphatic rings. The topological polar surface area (TPSA) is 63.7 Å². The highest BCUT2D eigenvalue weighted by atomic mass is 32.1. The van der Waals surface area contributed by atoms with Crippen molar-refractivity contribution in [2.45, 2.75) is 19.8 Å². The van der Waals surface area contributed by atoms with Gasteiger partial charge in [-0.1, -0.05) is 26.1 Å². The number of nitrogens with zero attached hydrogens (tertiary/aromatic N) is 3. The molecule has 94 valence electrons. The molecule has 2 rings (SSSR count). The molecule has 18 heavy (non-hydrogen) atoms. The van der Waals surface area contributed by atoms with Gasteiger partial charge in [-0.25, -0.2) is 15.0 Å². The molecule has 2 heterocycles. The van der Waals surface area contributed by atoms with Crippen molar-refractivity contribution in [2.75, 3.05) is 7.11 Å². The van der Waals surface area contributed by atoms with E-state index in [9.17, 15) is 0 Å². The second kappa shape index (κ2) is 5.22. The quantitative estimate of drug-likeness (QED) is 0.862. The van der Waals surface area contributed by atoms with E-state index in [4.69, 9.17) is 17.0 Å². The molecule has 0 amide bonds. The van der Waals surface area contributed by atoms with E-state index in [1.165, 1.54) is 6.33 Å². The monoisotopic (exact) mass is 262 g/mol. The summed E-state index contributed by atoms with van der Waals surface area (Å²) in [6.07, 6.45) is 1.44. The molecule has 0 atom stereocenters. The van der Waals surface area contributed by atoms with Gasteiger partial charge in [0.05, 0.1) is 7.11 Å². The van der Waals surface area contributed by atoms with E-state index in [0.29, 0.717) is 28.0 Å². The zero-order valence-electron chi connectivity index (χ0n) is 10.5. The fourth-order valence-corrected chi connectivity index (χ4v) is 1.71. The Balaban J connectivity index is 2.52. The molecule has 2 aromatic heterocycles. The largest absolute Gasteiger partial charge is 0.481 e. The summed E-state index contributed by atoms with van der Waals surface area (Å²) < 4.78 is 5.61. The number of hydrogen-bond donors (Lipinski definition) is 1. The maximum absolute atomic E-state index is 5.16. The van der Waals surface area contributed by atoms with Crippen LogP contribution in [0.2, 0.25) is 0 Å². The van der Waals surface area contributed by atoms with Crippen LogP contribution in [0, 0.1) is 4.64 Å². The second-order valence-corrected chi connectivity index (χ2v) is 4.54. The Bertz CT molecular complexity index is 609. The van der Waals surface area contributed by atoms with Crippen LogP contribution in [0.3, 0.4) is 0 Å². The summed E-state index contributed by atoms with van der Waals surface area (Å²) in [5, 5.41) is 0. The van der Waals surface area contributed by atoms with Crippen LogP contribution in [0.4, 0.5) is 0 Å². The molecule has 0 fully saturated rings. The van der Waals surface area contributed by atoms with E-state index in [0.717, 1.165) is 5.69 Å². The van der Waals surface area contributed by atoms with Gasteiger partial charge in [0.2, 0.25) is 5.88 Å². The van der Waals surface area contributed by atoms with Crippen molar-refractivity contribution >= 4 is 12.2 Å². The lowest BCUT2D eigenvalue weighted by Gasteiger charge is -2.08. The van der Waals surface area contributed by atoms with E-state index < -0.39 is 0 Å². The van der Waals surface area contributed by atoms with Crippen molar-refractivity contribution in [3.63, 3.8) is 0 Å². The highest BCUT2D eigenvalue weighted by molar-refractivity contribution is 7.71. The first-order valence-corrected chi connectivity index (χ1v) is 5.98. The standard InChI is InChI=1S/C12H14N4OS/c1-7(2)8-5-11(18)16-12(15-8)9-4-10(17-3)14-6-13-9/h4-7H,1-3H3,(H,15,16,18). The van der Waals surface area contributed by atoms with Crippen LogP contribution >= 0.6 is 12.2 Å². The lowest BCUT2D eigenvalue weighted by atomic mass is 10.1. The summed E-state index contributed by atoms with van der Waals surface area (Å²) in [4.78, 5) is 15.6. The van der Waals surface area contributed by atoms with Gasteiger partial charge in [-0.05, 0) is 12.0 Å². The van der Waals surface area contributed by atoms with Crippen LogP contribution < -0.4 is 4.74 Å². The van der Waals surface area contributed by atoms with Gasteiger partial charge < -0.3 is 9.72 Å². The third-order valence-corrected chi connectivity index (χ3v) is 2.69. The predicted octanol–water partition coefficient (Wildman–Crippen LogP) is 2.73.